The van der Waals surface area contributed by atoms with Gasteiger partial charge in [-0.15, -0.1) is 0 Å². The van der Waals surface area contributed by atoms with Gasteiger partial charge in [0.2, 0.25) is 0 Å². The van der Waals surface area contributed by atoms with Crippen molar-refractivity contribution in [2.75, 3.05) is 53.7 Å². The van der Waals surface area contributed by atoms with Crippen LogP contribution < -0.4 is 5.73 Å². The van der Waals surface area contributed by atoms with Gasteiger partial charge in [-0.25, -0.2) is 0 Å². The predicted octanol–water partition coefficient (Wildman–Crippen LogP) is -0.709. The Bertz CT molecular complexity index is 128. The minimum Gasteiger partial charge on any atom is -0.396 e. The summed E-state index contributed by atoms with van der Waals surface area (Å²) in [5, 5.41) is 8.75. The molecule has 0 saturated carbocycles. The van der Waals surface area contributed by atoms with Crippen LogP contribution in [0.1, 0.15) is 6.42 Å². The largest absolute Gasteiger partial charge is 0.396 e. The van der Waals surface area contributed by atoms with Crippen LogP contribution in [0.25, 0.3) is 0 Å². The van der Waals surface area contributed by atoms with Crippen molar-refractivity contribution in [2.45, 2.75) is 12.5 Å². The number of nitrogens with two attached hydrogens (primary N) is 1. The van der Waals surface area contributed by atoms with Crippen LogP contribution in [0.15, 0.2) is 0 Å². The van der Waals surface area contributed by atoms with Gasteiger partial charge in [0.1, 0.15) is 0 Å². The zero-order valence-corrected chi connectivity index (χ0v) is 9.82. The quantitative estimate of drug-likeness (QED) is 0.509. The summed E-state index contributed by atoms with van der Waals surface area (Å²) in [6, 6.07) is 0.0173. The average molecular weight is 220 g/mol. The number of methoxy groups -OCH3 is 2. The molecular formula is C10H24N2O3. The molecule has 15 heavy (non-hydrogen) atoms. The number of rotatable bonds is 10. The van der Waals surface area contributed by atoms with Crippen LogP contribution in [0, 0.1) is 0 Å². The first-order chi connectivity index (χ1) is 7.24. The Hall–Kier alpha value is -0.200. The molecule has 0 rings (SSSR count). The summed E-state index contributed by atoms with van der Waals surface area (Å²) in [5.74, 6) is 0. The van der Waals surface area contributed by atoms with Crippen molar-refractivity contribution >= 4 is 0 Å². The third-order valence-electron chi connectivity index (χ3n) is 2.22. The molecule has 0 aromatic carbocycles. The molecular weight excluding hydrogens is 196 g/mol. The van der Waals surface area contributed by atoms with Crippen molar-refractivity contribution < 1.29 is 14.6 Å². The normalized spacial score (nSPS) is 13.4. The maximum absolute atomic E-state index is 8.75. The van der Waals surface area contributed by atoms with E-state index < -0.39 is 0 Å². The number of hydrogen-bond acceptors (Lipinski definition) is 5. The van der Waals surface area contributed by atoms with Crippen LogP contribution in [-0.4, -0.2) is 69.7 Å². The van der Waals surface area contributed by atoms with Crippen molar-refractivity contribution in [2.24, 2.45) is 5.73 Å². The topological polar surface area (TPSA) is 68.0 Å². The van der Waals surface area contributed by atoms with Crippen molar-refractivity contribution in [1.29, 1.82) is 0 Å². The van der Waals surface area contributed by atoms with Gasteiger partial charge in [0.25, 0.3) is 0 Å². The fourth-order valence-electron chi connectivity index (χ4n) is 1.32. The van der Waals surface area contributed by atoms with E-state index in [9.17, 15) is 0 Å². The summed E-state index contributed by atoms with van der Waals surface area (Å²) in [7, 11) is 3.37. The van der Waals surface area contributed by atoms with E-state index in [-0.39, 0.29) is 12.6 Å². The van der Waals surface area contributed by atoms with Gasteiger partial charge in [0.15, 0.2) is 0 Å². The number of aliphatic hydroxyl groups excluding tert-OH is 1. The molecule has 0 amide bonds. The Morgan fingerprint density at radius 2 is 1.73 bits per heavy atom. The molecule has 0 aliphatic carbocycles. The molecule has 0 aliphatic heterocycles. The first kappa shape index (κ1) is 14.8. The van der Waals surface area contributed by atoms with Gasteiger partial charge in [-0.05, 0) is 6.42 Å². The summed E-state index contributed by atoms with van der Waals surface area (Å²) >= 11 is 0. The number of nitrogens with zero attached hydrogens (tertiary/aromatic N) is 1. The maximum atomic E-state index is 8.75. The number of aliphatic hydroxyl groups is 1. The van der Waals surface area contributed by atoms with Crippen LogP contribution in [0.3, 0.4) is 0 Å². The third kappa shape index (κ3) is 8.77. The summed E-state index contributed by atoms with van der Waals surface area (Å²) in [4.78, 5) is 2.19. The van der Waals surface area contributed by atoms with Crippen LogP contribution >= 0.6 is 0 Å². The Balaban J connectivity index is 3.76. The first-order valence-corrected chi connectivity index (χ1v) is 5.31. The van der Waals surface area contributed by atoms with Crippen LogP contribution in [0.4, 0.5) is 0 Å². The van der Waals surface area contributed by atoms with E-state index in [1.807, 2.05) is 0 Å². The highest BCUT2D eigenvalue weighted by Gasteiger charge is 2.09. The second-order valence-electron chi connectivity index (χ2n) is 3.56. The maximum Gasteiger partial charge on any atom is 0.0589 e. The zero-order valence-electron chi connectivity index (χ0n) is 9.82. The van der Waals surface area contributed by atoms with Gasteiger partial charge in [0, 0.05) is 46.5 Å². The minimum absolute atomic E-state index is 0.0173. The minimum atomic E-state index is 0.0173. The van der Waals surface area contributed by atoms with Crippen LogP contribution in [0.5, 0.6) is 0 Å². The summed E-state index contributed by atoms with van der Waals surface area (Å²) in [6.07, 6.45) is 0.635. The molecule has 0 aliphatic rings. The van der Waals surface area contributed by atoms with Gasteiger partial charge in [-0.3, -0.25) is 4.90 Å². The zero-order chi connectivity index (χ0) is 11.5. The molecule has 0 radical (unpaired) electrons. The molecule has 0 spiro atoms. The van der Waals surface area contributed by atoms with Crippen LogP contribution in [-0.2, 0) is 9.47 Å². The van der Waals surface area contributed by atoms with Gasteiger partial charge in [0.05, 0.1) is 13.2 Å². The highest BCUT2D eigenvalue weighted by Crippen LogP contribution is 1.95. The Morgan fingerprint density at radius 1 is 1.20 bits per heavy atom. The second kappa shape index (κ2) is 10.3. The highest BCUT2D eigenvalue weighted by molar-refractivity contribution is 4.68. The fraction of sp³-hybridized carbons (Fsp3) is 1.00. The van der Waals surface area contributed by atoms with Crippen molar-refractivity contribution in [3.63, 3.8) is 0 Å². The van der Waals surface area contributed by atoms with E-state index in [2.05, 4.69) is 4.90 Å². The molecule has 92 valence electrons. The highest BCUT2D eigenvalue weighted by atomic mass is 16.5. The van der Waals surface area contributed by atoms with Crippen LogP contribution in [0.2, 0.25) is 0 Å². The molecule has 5 heteroatoms. The lowest BCUT2D eigenvalue weighted by Gasteiger charge is -2.24. The van der Waals surface area contributed by atoms with E-state index in [0.717, 1.165) is 19.6 Å². The first-order valence-electron chi connectivity index (χ1n) is 5.31. The monoisotopic (exact) mass is 220 g/mol. The van der Waals surface area contributed by atoms with Crippen molar-refractivity contribution in [3.05, 3.63) is 0 Å². The lowest BCUT2D eigenvalue weighted by atomic mass is 10.2. The van der Waals surface area contributed by atoms with E-state index in [1.165, 1.54) is 0 Å². The van der Waals surface area contributed by atoms with E-state index in [1.54, 1.807) is 14.2 Å². The lowest BCUT2D eigenvalue weighted by molar-refractivity contribution is 0.108. The van der Waals surface area contributed by atoms with Gasteiger partial charge < -0.3 is 20.3 Å². The number of ether oxygens (including phenoxy) is 2. The van der Waals surface area contributed by atoms with Gasteiger partial charge in [-0.2, -0.15) is 0 Å². The molecule has 0 aromatic rings. The summed E-state index contributed by atoms with van der Waals surface area (Å²) in [5.41, 5.74) is 5.85. The van der Waals surface area contributed by atoms with Crippen molar-refractivity contribution in [1.82, 2.24) is 4.90 Å². The van der Waals surface area contributed by atoms with E-state index >= 15 is 0 Å². The SMILES string of the molecule is COCCN(CCOC)CC(N)CCO. The molecule has 1 atom stereocenters. The van der Waals surface area contributed by atoms with E-state index in [4.69, 9.17) is 20.3 Å². The molecule has 5 nitrogen and oxygen atoms in total. The molecule has 0 bridgehead atoms. The Morgan fingerprint density at radius 3 is 2.13 bits per heavy atom. The smallest absolute Gasteiger partial charge is 0.0589 e. The van der Waals surface area contributed by atoms with Gasteiger partial charge >= 0.3 is 0 Å². The fourth-order valence-corrected chi connectivity index (χ4v) is 1.32. The molecule has 0 fully saturated rings. The molecule has 0 aromatic heterocycles. The molecule has 0 heterocycles. The Labute approximate surface area is 92.1 Å². The van der Waals surface area contributed by atoms with Gasteiger partial charge in [-0.1, -0.05) is 0 Å². The predicted molar refractivity (Wildman–Crippen MR) is 59.9 cm³/mol. The second-order valence-corrected chi connectivity index (χ2v) is 3.56. The lowest BCUT2D eigenvalue weighted by Crippen LogP contribution is -2.41. The average Bonchev–Trinajstić information content (AvgIpc) is 2.22. The Kier molecular flexibility index (Phi) is 10.2. The third-order valence-corrected chi connectivity index (χ3v) is 2.22. The number of hydrogen-bond donors (Lipinski definition) is 2. The standard InChI is InChI=1S/C10H24N2O3/c1-14-7-4-12(5-8-15-2)9-10(11)3-6-13/h10,13H,3-9,11H2,1-2H3. The van der Waals surface area contributed by atoms with Crippen molar-refractivity contribution in [3.8, 4) is 0 Å². The van der Waals surface area contributed by atoms with E-state index in [0.29, 0.717) is 19.6 Å². The summed E-state index contributed by atoms with van der Waals surface area (Å²) < 4.78 is 10.0. The molecule has 1 unspecified atom stereocenters. The summed E-state index contributed by atoms with van der Waals surface area (Å²) in [6.45, 7) is 3.99. The molecule has 3 N–H and O–H groups in total. The molecule has 0 saturated heterocycles.